The summed E-state index contributed by atoms with van der Waals surface area (Å²) in [6.45, 7) is 1.89. The summed E-state index contributed by atoms with van der Waals surface area (Å²) in [4.78, 5) is 27.0. The fraction of sp³-hybridized carbons (Fsp3) is 0.355. The number of likely N-dealkylation sites (tertiary alicyclic amines) is 1. The van der Waals surface area contributed by atoms with Crippen molar-refractivity contribution in [2.75, 3.05) is 6.61 Å². The Labute approximate surface area is 224 Å². The second kappa shape index (κ2) is 13.9. The Morgan fingerprint density at radius 1 is 0.711 bits per heavy atom. The third-order valence-electron chi connectivity index (χ3n) is 6.76. The molecule has 0 saturated carbocycles. The van der Waals surface area contributed by atoms with Crippen LogP contribution in [0.3, 0.4) is 0 Å². The number of hydrogen-bond donors (Lipinski definition) is 1. The van der Waals surface area contributed by atoms with Crippen LogP contribution >= 0.6 is 0 Å². The van der Waals surface area contributed by atoms with Gasteiger partial charge in [-0.1, -0.05) is 91.0 Å². The van der Waals surface area contributed by atoms with Gasteiger partial charge in [-0.2, -0.15) is 0 Å². The van der Waals surface area contributed by atoms with Gasteiger partial charge >= 0.3 is 6.09 Å². The molecule has 38 heavy (non-hydrogen) atoms. The molecule has 1 amide bonds. The molecule has 3 aromatic carbocycles. The molecule has 0 unspecified atom stereocenters. The van der Waals surface area contributed by atoms with E-state index in [1.807, 2.05) is 91.0 Å². The van der Waals surface area contributed by atoms with E-state index in [0.29, 0.717) is 19.6 Å². The fourth-order valence-electron chi connectivity index (χ4n) is 4.86. The van der Waals surface area contributed by atoms with Gasteiger partial charge in [0.2, 0.25) is 0 Å². The Balaban J connectivity index is 1.59. The molecule has 0 aromatic heterocycles. The number of aliphatic hydroxyl groups excluding tert-OH is 1. The normalized spacial score (nSPS) is 20.8. The third-order valence-corrected chi connectivity index (χ3v) is 6.76. The monoisotopic (exact) mass is 517 g/mol. The maximum absolute atomic E-state index is 13.5. The molecule has 7 nitrogen and oxygen atoms in total. The van der Waals surface area contributed by atoms with Gasteiger partial charge in [0, 0.05) is 6.42 Å². The van der Waals surface area contributed by atoms with Crippen molar-refractivity contribution >= 4 is 11.9 Å². The molecule has 4 atom stereocenters. The first-order chi connectivity index (χ1) is 18.6. The lowest BCUT2D eigenvalue weighted by Gasteiger charge is -2.29. The van der Waals surface area contributed by atoms with Crippen LogP contribution in [0.1, 0.15) is 36.5 Å². The maximum Gasteiger partial charge on any atom is 0.410 e. The molecule has 1 fully saturated rings. The van der Waals surface area contributed by atoms with Crippen LogP contribution in [-0.2, 0) is 38.8 Å². The zero-order valence-corrected chi connectivity index (χ0v) is 21.6. The van der Waals surface area contributed by atoms with Gasteiger partial charge in [0.05, 0.1) is 31.9 Å². The number of rotatable bonds is 12. The molecule has 0 spiro atoms. The molecule has 4 rings (SSSR count). The first-order valence-corrected chi connectivity index (χ1v) is 13.0. The highest BCUT2D eigenvalue weighted by Gasteiger charge is 2.52. The van der Waals surface area contributed by atoms with E-state index < -0.39 is 30.4 Å². The second-order valence-corrected chi connectivity index (χ2v) is 9.53. The van der Waals surface area contributed by atoms with Crippen LogP contribution in [0.15, 0.2) is 91.0 Å². The van der Waals surface area contributed by atoms with Crippen LogP contribution < -0.4 is 0 Å². The Morgan fingerprint density at radius 2 is 1.16 bits per heavy atom. The first kappa shape index (κ1) is 27.5. The lowest BCUT2D eigenvalue weighted by Crippen LogP contribution is -2.46. The van der Waals surface area contributed by atoms with Crippen LogP contribution in [0.25, 0.3) is 0 Å². The van der Waals surface area contributed by atoms with Crippen molar-refractivity contribution < 1.29 is 28.9 Å². The Kier molecular flexibility index (Phi) is 10.0. The molecule has 1 aliphatic rings. The van der Waals surface area contributed by atoms with E-state index in [2.05, 4.69) is 0 Å². The van der Waals surface area contributed by atoms with Gasteiger partial charge in [0.1, 0.15) is 24.6 Å². The molecule has 0 aliphatic carbocycles. The van der Waals surface area contributed by atoms with Gasteiger partial charge in [-0.15, -0.1) is 0 Å². The van der Waals surface area contributed by atoms with E-state index in [4.69, 9.17) is 14.2 Å². The van der Waals surface area contributed by atoms with Crippen LogP contribution in [0.4, 0.5) is 4.79 Å². The van der Waals surface area contributed by atoms with E-state index in [1.54, 1.807) is 0 Å². The van der Waals surface area contributed by atoms with Gasteiger partial charge in [0.15, 0.2) is 0 Å². The maximum atomic E-state index is 13.5. The number of carbonyl (C=O) groups excluding carboxylic acids is 2. The predicted molar refractivity (Wildman–Crippen MR) is 143 cm³/mol. The largest absolute Gasteiger partial charge is 0.445 e. The summed E-state index contributed by atoms with van der Waals surface area (Å²) >= 11 is 0. The number of benzene rings is 3. The van der Waals surface area contributed by atoms with Crippen molar-refractivity contribution in [1.82, 2.24) is 4.90 Å². The number of Topliss-reactive ketones (excluding diaryl/α,β-unsaturated/α-hetero) is 1. The van der Waals surface area contributed by atoms with Gasteiger partial charge in [-0.05, 0) is 30.0 Å². The summed E-state index contributed by atoms with van der Waals surface area (Å²) < 4.78 is 18.5. The van der Waals surface area contributed by atoms with Gasteiger partial charge in [-0.25, -0.2) is 4.79 Å². The van der Waals surface area contributed by atoms with Crippen molar-refractivity contribution in [1.29, 1.82) is 0 Å². The average Bonchev–Trinajstić information content (AvgIpc) is 3.26. The standard InChI is InChI=1S/C31H35NO6/c1-23(34)17-18-27-29(36-20-24-11-5-2-6-12-24)30(37-21-25-13-7-3-8-14-25)28(19-33)32(27)31(35)38-22-26-15-9-4-10-16-26/h2-16,27-30,33H,17-22H2,1H3/t27-,28-,29-,30-/m1/s1. The number of ketones is 1. The number of amides is 1. The van der Waals surface area contributed by atoms with E-state index in [9.17, 15) is 14.7 Å². The molecular weight excluding hydrogens is 482 g/mol. The summed E-state index contributed by atoms with van der Waals surface area (Å²) in [7, 11) is 0. The molecule has 0 bridgehead atoms. The van der Waals surface area contributed by atoms with Crippen molar-refractivity contribution in [2.45, 2.75) is 63.9 Å². The number of ether oxygens (including phenoxy) is 3. The predicted octanol–water partition coefficient (Wildman–Crippen LogP) is 4.91. The quantitative estimate of drug-likeness (QED) is 0.368. The van der Waals surface area contributed by atoms with Crippen molar-refractivity contribution in [3.8, 4) is 0 Å². The molecule has 3 aromatic rings. The number of hydrogen-bond acceptors (Lipinski definition) is 6. The highest BCUT2D eigenvalue weighted by atomic mass is 16.6. The Bertz CT molecular complexity index is 1140. The molecule has 7 heteroatoms. The second-order valence-electron chi connectivity index (χ2n) is 9.53. The van der Waals surface area contributed by atoms with E-state index in [-0.39, 0.29) is 25.4 Å². The van der Waals surface area contributed by atoms with Gasteiger partial charge < -0.3 is 24.1 Å². The van der Waals surface area contributed by atoms with E-state index >= 15 is 0 Å². The number of nitrogens with zero attached hydrogens (tertiary/aromatic N) is 1. The number of aliphatic hydroxyl groups is 1. The fourth-order valence-corrected chi connectivity index (χ4v) is 4.86. The lowest BCUT2D eigenvalue weighted by atomic mass is 10.0. The minimum absolute atomic E-state index is 0.0126. The topological polar surface area (TPSA) is 85.3 Å². The first-order valence-electron chi connectivity index (χ1n) is 13.0. The smallest absolute Gasteiger partial charge is 0.410 e. The number of carbonyl (C=O) groups is 2. The molecule has 1 saturated heterocycles. The van der Waals surface area contributed by atoms with Crippen LogP contribution in [-0.4, -0.2) is 52.8 Å². The zero-order valence-electron chi connectivity index (χ0n) is 21.6. The van der Waals surface area contributed by atoms with Crippen molar-refractivity contribution in [3.63, 3.8) is 0 Å². The summed E-state index contributed by atoms with van der Waals surface area (Å²) in [5.74, 6) is 0.0126. The molecule has 1 aliphatic heterocycles. The molecule has 1 N–H and O–H groups in total. The van der Waals surface area contributed by atoms with E-state index in [0.717, 1.165) is 16.7 Å². The minimum atomic E-state index is -0.695. The SMILES string of the molecule is CC(=O)CC[C@@H]1[C@@H](OCc2ccccc2)[C@H](OCc2ccccc2)[C@@H](CO)N1C(=O)OCc1ccccc1. The van der Waals surface area contributed by atoms with Crippen molar-refractivity contribution in [2.24, 2.45) is 0 Å². The Hall–Kier alpha value is -3.52. The lowest BCUT2D eigenvalue weighted by molar-refractivity contribution is -0.117. The third kappa shape index (κ3) is 7.28. The van der Waals surface area contributed by atoms with Crippen LogP contribution in [0.5, 0.6) is 0 Å². The van der Waals surface area contributed by atoms with Gasteiger partial charge in [0.25, 0.3) is 0 Å². The average molecular weight is 518 g/mol. The summed E-state index contributed by atoms with van der Waals surface area (Å²) in [5.41, 5.74) is 2.80. The molecule has 0 radical (unpaired) electrons. The minimum Gasteiger partial charge on any atom is -0.445 e. The molecular formula is C31H35NO6. The van der Waals surface area contributed by atoms with Gasteiger partial charge in [-0.3, -0.25) is 4.90 Å². The Morgan fingerprint density at radius 3 is 1.61 bits per heavy atom. The van der Waals surface area contributed by atoms with E-state index in [1.165, 1.54) is 11.8 Å². The van der Waals surface area contributed by atoms with Crippen molar-refractivity contribution in [3.05, 3.63) is 108 Å². The highest BCUT2D eigenvalue weighted by molar-refractivity contribution is 5.75. The van der Waals surface area contributed by atoms with Crippen LogP contribution in [0, 0.1) is 0 Å². The molecule has 1 heterocycles. The summed E-state index contributed by atoms with van der Waals surface area (Å²) in [5, 5.41) is 10.5. The summed E-state index contributed by atoms with van der Waals surface area (Å²) in [6, 6.07) is 27.7. The zero-order chi connectivity index (χ0) is 26.7. The highest BCUT2D eigenvalue weighted by Crippen LogP contribution is 2.34. The van der Waals surface area contributed by atoms with Crippen LogP contribution in [0.2, 0.25) is 0 Å². The molecule has 200 valence electrons. The summed E-state index contributed by atoms with van der Waals surface area (Å²) in [6.07, 6.45) is -1.12.